The minimum Gasteiger partial charge on any atom is -0.395 e. The van der Waals surface area contributed by atoms with Crippen molar-refractivity contribution in [1.82, 2.24) is 24.8 Å². The van der Waals surface area contributed by atoms with Gasteiger partial charge in [0.2, 0.25) is 17.7 Å². The van der Waals surface area contributed by atoms with Crippen molar-refractivity contribution in [3.8, 4) is 0 Å². The Bertz CT molecular complexity index is 1570. The normalized spacial score (nSPS) is 27.3. The molecular weight excluding hydrogens is 632 g/mol. The van der Waals surface area contributed by atoms with E-state index in [1.165, 1.54) is 4.90 Å². The molecule has 3 aromatic rings. The number of hydrogen-bond donors (Lipinski definition) is 1. The average Bonchev–Trinajstić information content (AvgIpc) is 3.73. The third kappa shape index (κ3) is 4.79. The van der Waals surface area contributed by atoms with Gasteiger partial charge in [0.15, 0.2) is 0 Å². The highest BCUT2D eigenvalue weighted by atomic mass is 79.9. The molecule has 43 heavy (non-hydrogen) atoms. The Hall–Kier alpha value is -3.48. The summed E-state index contributed by atoms with van der Waals surface area (Å²) in [6.45, 7) is 8.04. The van der Waals surface area contributed by atoms with E-state index in [9.17, 15) is 19.5 Å². The van der Waals surface area contributed by atoms with E-state index in [4.69, 9.17) is 0 Å². The van der Waals surface area contributed by atoms with Gasteiger partial charge in [0.05, 0.1) is 28.7 Å². The van der Waals surface area contributed by atoms with Gasteiger partial charge in [-0.2, -0.15) is 0 Å². The molecule has 0 radical (unpaired) electrons. The van der Waals surface area contributed by atoms with E-state index < -0.39 is 22.6 Å². The van der Waals surface area contributed by atoms with E-state index >= 15 is 0 Å². The highest BCUT2D eigenvalue weighted by molar-refractivity contribution is 9.09. The van der Waals surface area contributed by atoms with Crippen molar-refractivity contribution in [2.75, 3.05) is 31.1 Å². The minimum atomic E-state index is -0.871. The van der Waals surface area contributed by atoms with Gasteiger partial charge in [0, 0.05) is 35.4 Å². The smallest absolute Gasteiger partial charge is 0.248 e. The molecule has 12 heteroatoms. The predicted molar refractivity (Wildman–Crippen MR) is 169 cm³/mol. The van der Waals surface area contributed by atoms with Crippen molar-refractivity contribution >= 4 is 62.1 Å². The Labute approximate surface area is 262 Å². The van der Waals surface area contributed by atoms with Crippen LogP contribution in [0.5, 0.6) is 0 Å². The number of aliphatic hydroxyl groups is 1. The zero-order valence-electron chi connectivity index (χ0n) is 23.5. The number of nitrogens with zero attached hydrogens (tertiary/aromatic N) is 6. The van der Waals surface area contributed by atoms with E-state index in [2.05, 4.69) is 39.4 Å². The SMILES string of the molecule is C=CCN(Cn1nnc2ccccc21)C(=O)C1N(CCO)C(=O)[C@@H]2[C@H](C(=O)N(CC=C)c3ccccc3)[C@H]3SC12CC3Br. The van der Waals surface area contributed by atoms with Crippen LogP contribution in [0.4, 0.5) is 5.69 Å². The molecule has 0 aliphatic carbocycles. The fourth-order valence-electron chi connectivity index (χ4n) is 7.01. The number of β-amino-alcohol motifs (C(OH)–C–C–N with tert-alkyl or cyclic N) is 1. The zero-order valence-corrected chi connectivity index (χ0v) is 25.9. The topological polar surface area (TPSA) is 112 Å². The molecule has 3 aliphatic heterocycles. The molecule has 3 unspecified atom stereocenters. The lowest BCUT2D eigenvalue weighted by atomic mass is 9.70. The van der Waals surface area contributed by atoms with Crippen LogP contribution in [0.1, 0.15) is 6.42 Å². The highest BCUT2D eigenvalue weighted by Crippen LogP contribution is 2.68. The molecular formula is C31H33BrN6O4S. The number of carbonyl (C=O) groups excluding carboxylic acids is 3. The van der Waals surface area contributed by atoms with Gasteiger partial charge in [-0.1, -0.05) is 63.6 Å². The van der Waals surface area contributed by atoms with Gasteiger partial charge in [0.25, 0.3) is 0 Å². The number of hydrogen-bond acceptors (Lipinski definition) is 7. The zero-order chi connectivity index (χ0) is 30.3. The number of para-hydroxylation sites is 2. The van der Waals surface area contributed by atoms with Gasteiger partial charge in [0.1, 0.15) is 18.2 Å². The molecule has 4 heterocycles. The quantitative estimate of drug-likeness (QED) is 0.248. The Balaban J connectivity index is 1.38. The average molecular weight is 666 g/mol. The van der Waals surface area contributed by atoms with Gasteiger partial charge in [-0.05, 0) is 30.7 Å². The van der Waals surface area contributed by atoms with Crippen molar-refractivity contribution in [2.45, 2.75) is 34.0 Å². The van der Waals surface area contributed by atoms with Gasteiger partial charge in [-0.3, -0.25) is 14.4 Å². The summed E-state index contributed by atoms with van der Waals surface area (Å²) in [5.74, 6) is -2.06. The number of carbonyl (C=O) groups is 3. The first-order valence-electron chi connectivity index (χ1n) is 14.2. The van der Waals surface area contributed by atoms with Crippen LogP contribution in [0.2, 0.25) is 0 Å². The number of aliphatic hydroxyl groups excluding tert-OH is 1. The monoisotopic (exact) mass is 664 g/mol. The number of rotatable bonds is 11. The first-order chi connectivity index (χ1) is 20.9. The minimum absolute atomic E-state index is 0.00414. The van der Waals surface area contributed by atoms with E-state index in [0.717, 1.165) is 11.2 Å². The molecule has 224 valence electrons. The first kappa shape index (κ1) is 29.6. The van der Waals surface area contributed by atoms with Crippen molar-refractivity contribution in [3.05, 3.63) is 79.9 Å². The molecule has 0 saturated carbocycles. The number of anilines is 1. The summed E-state index contributed by atoms with van der Waals surface area (Å²) in [5.41, 5.74) is 2.21. The Morgan fingerprint density at radius 1 is 1.09 bits per heavy atom. The standard InChI is InChI=1S/C31H33BrN6O4S/c1-3-14-35(19-38-23-13-9-8-12-22(23)33-34-38)30(42)27-31-18-21(32)26(43-31)24(25(31)29(41)37(27)16-17-39)28(40)36(15-4-2)20-10-6-5-7-11-20/h3-13,21,24-27,39H,1-2,14-19H2/t21?,24-,25-,26-,27?,31?/m0/s1. The maximum Gasteiger partial charge on any atom is 0.248 e. The third-order valence-electron chi connectivity index (χ3n) is 8.68. The van der Waals surface area contributed by atoms with Gasteiger partial charge in [-0.25, -0.2) is 4.68 Å². The van der Waals surface area contributed by atoms with E-state index in [1.807, 2.05) is 54.6 Å². The number of benzene rings is 2. The molecule has 6 rings (SSSR count). The summed E-state index contributed by atoms with van der Waals surface area (Å²) in [5, 5.41) is 18.3. The maximum absolute atomic E-state index is 14.6. The lowest BCUT2D eigenvalue weighted by molar-refractivity contribution is -0.144. The van der Waals surface area contributed by atoms with Crippen LogP contribution >= 0.6 is 27.7 Å². The summed E-state index contributed by atoms with van der Waals surface area (Å²) in [6.07, 6.45) is 3.86. The Kier molecular flexibility index (Phi) is 8.18. The van der Waals surface area contributed by atoms with Gasteiger partial charge >= 0.3 is 0 Å². The van der Waals surface area contributed by atoms with Crippen molar-refractivity contribution < 1.29 is 19.5 Å². The summed E-state index contributed by atoms with van der Waals surface area (Å²) < 4.78 is 0.813. The van der Waals surface area contributed by atoms with Crippen LogP contribution in [0.25, 0.3) is 11.0 Å². The molecule has 1 spiro atoms. The number of thioether (sulfide) groups is 1. The van der Waals surface area contributed by atoms with E-state index in [-0.39, 0.29) is 54.2 Å². The van der Waals surface area contributed by atoms with Crippen molar-refractivity contribution in [2.24, 2.45) is 11.8 Å². The predicted octanol–water partition coefficient (Wildman–Crippen LogP) is 3.08. The molecule has 1 aromatic heterocycles. The van der Waals surface area contributed by atoms with E-state index in [0.29, 0.717) is 18.5 Å². The Morgan fingerprint density at radius 2 is 1.81 bits per heavy atom. The molecule has 3 saturated heterocycles. The first-order valence-corrected chi connectivity index (χ1v) is 16.0. The molecule has 3 aliphatic rings. The second kappa shape index (κ2) is 11.9. The largest absolute Gasteiger partial charge is 0.395 e. The molecule has 2 bridgehead atoms. The van der Waals surface area contributed by atoms with Crippen LogP contribution in [0.15, 0.2) is 79.9 Å². The fourth-order valence-corrected chi connectivity index (χ4v) is 10.6. The van der Waals surface area contributed by atoms with Crippen LogP contribution in [0, 0.1) is 11.8 Å². The van der Waals surface area contributed by atoms with Crippen molar-refractivity contribution in [3.63, 3.8) is 0 Å². The molecule has 3 amide bonds. The molecule has 10 nitrogen and oxygen atoms in total. The second-order valence-electron chi connectivity index (χ2n) is 11.1. The van der Waals surface area contributed by atoms with Crippen LogP contribution in [-0.2, 0) is 21.1 Å². The molecule has 1 N–H and O–H groups in total. The number of likely N-dealkylation sites (tertiary alicyclic amines) is 1. The van der Waals surface area contributed by atoms with Gasteiger partial charge in [-0.15, -0.1) is 30.0 Å². The summed E-state index contributed by atoms with van der Waals surface area (Å²) >= 11 is 5.39. The number of aromatic nitrogens is 3. The summed E-state index contributed by atoms with van der Waals surface area (Å²) in [4.78, 5) is 47.9. The van der Waals surface area contributed by atoms with Gasteiger partial charge < -0.3 is 19.8 Å². The molecule has 2 aromatic carbocycles. The Morgan fingerprint density at radius 3 is 2.53 bits per heavy atom. The summed E-state index contributed by atoms with van der Waals surface area (Å²) in [6, 6.07) is 16.0. The molecule has 3 fully saturated rings. The van der Waals surface area contributed by atoms with Crippen LogP contribution < -0.4 is 4.90 Å². The fraction of sp³-hybridized carbons (Fsp3) is 0.387. The summed E-state index contributed by atoms with van der Waals surface area (Å²) in [7, 11) is 0. The molecule has 6 atom stereocenters. The lowest BCUT2D eigenvalue weighted by Crippen LogP contribution is -2.56. The number of halogens is 1. The second-order valence-corrected chi connectivity index (χ2v) is 13.8. The number of alkyl halides is 1. The van der Waals surface area contributed by atoms with E-state index in [1.54, 1.807) is 38.4 Å². The maximum atomic E-state index is 14.6. The lowest BCUT2D eigenvalue weighted by Gasteiger charge is -2.38. The van der Waals surface area contributed by atoms with Crippen LogP contribution in [0.3, 0.4) is 0 Å². The highest BCUT2D eigenvalue weighted by Gasteiger charge is 2.76. The number of fused-ring (bicyclic) bond motifs is 2. The number of amides is 3. The third-order valence-corrected chi connectivity index (χ3v) is 11.9. The van der Waals surface area contributed by atoms with Crippen molar-refractivity contribution in [1.29, 1.82) is 0 Å². The van der Waals surface area contributed by atoms with Crippen LogP contribution in [-0.4, -0.2) is 94.7 Å².